The summed E-state index contributed by atoms with van der Waals surface area (Å²) in [6.07, 6.45) is -4.64. The second-order valence-electron chi connectivity index (χ2n) is 4.68. The second-order valence-corrected chi connectivity index (χ2v) is 4.68. The first kappa shape index (κ1) is 16.8. The number of carbonyl (C=O) groups is 1. The Hall–Kier alpha value is -2.57. The van der Waals surface area contributed by atoms with Crippen LogP contribution in [0.2, 0.25) is 0 Å². The van der Waals surface area contributed by atoms with Crippen LogP contribution in [0.3, 0.4) is 0 Å². The number of alkyl halides is 3. The van der Waals surface area contributed by atoms with Crippen LogP contribution in [0.1, 0.15) is 22.8 Å². The van der Waals surface area contributed by atoms with Gasteiger partial charge in [0.15, 0.2) is 0 Å². The zero-order valence-corrected chi connectivity index (χ0v) is 11.9. The highest BCUT2D eigenvalue weighted by Gasteiger charge is 2.31. The fourth-order valence-electron chi connectivity index (χ4n) is 2.01. The van der Waals surface area contributed by atoms with E-state index in [1.807, 2.05) is 0 Å². The Morgan fingerprint density at radius 2 is 1.83 bits per heavy atom. The molecule has 0 unspecified atom stereocenters. The largest absolute Gasteiger partial charge is 0.508 e. The number of hydrogen-bond donors (Lipinski definition) is 1. The van der Waals surface area contributed by atoms with Gasteiger partial charge in [-0.1, -0.05) is 6.07 Å². The molecule has 2 aromatic rings. The molecule has 7 heteroatoms. The van der Waals surface area contributed by atoms with Gasteiger partial charge >= 0.3 is 12.1 Å². The van der Waals surface area contributed by atoms with Crippen molar-refractivity contribution in [1.29, 1.82) is 0 Å². The normalized spacial score (nSPS) is 11.3. The van der Waals surface area contributed by atoms with Crippen LogP contribution in [0.25, 0.3) is 11.1 Å². The highest BCUT2D eigenvalue weighted by molar-refractivity contribution is 5.90. The molecule has 0 bridgehead atoms. The average Bonchev–Trinajstić information content (AvgIpc) is 2.45. The molecule has 0 fully saturated rings. The van der Waals surface area contributed by atoms with E-state index in [1.165, 1.54) is 6.07 Å². The van der Waals surface area contributed by atoms with Crippen molar-refractivity contribution in [2.45, 2.75) is 13.1 Å². The van der Waals surface area contributed by atoms with Crippen LogP contribution >= 0.6 is 0 Å². The lowest BCUT2D eigenvalue weighted by atomic mass is 10.0. The molecular weight excluding hydrogens is 316 g/mol. The maximum Gasteiger partial charge on any atom is 0.416 e. The molecule has 0 atom stereocenters. The molecule has 1 N–H and O–H groups in total. The summed E-state index contributed by atoms with van der Waals surface area (Å²) in [6, 6.07) is 5.77. The molecule has 23 heavy (non-hydrogen) atoms. The van der Waals surface area contributed by atoms with Gasteiger partial charge in [0.05, 0.1) is 17.7 Å². The summed E-state index contributed by atoms with van der Waals surface area (Å²) in [5, 5.41) is 9.43. The van der Waals surface area contributed by atoms with Crippen molar-refractivity contribution in [3.8, 4) is 16.9 Å². The summed E-state index contributed by atoms with van der Waals surface area (Å²) in [5.41, 5.74) is -1.29. The molecule has 0 aliphatic carbocycles. The average molecular weight is 328 g/mol. The zero-order valence-electron chi connectivity index (χ0n) is 11.9. The summed E-state index contributed by atoms with van der Waals surface area (Å²) in [4.78, 5) is 11.5. The number of hydrogen-bond acceptors (Lipinski definition) is 3. The Kier molecular flexibility index (Phi) is 4.58. The maximum atomic E-state index is 14.0. The van der Waals surface area contributed by atoms with E-state index in [-0.39, 0.29) is 23.3 Å². The first-order chi connectivity index (χ1) is 10.7. The van der Waals surface area contributed by atoms with Crippen LogP contribution < -0.4 is 0 Å². The molecule has 0 radical (unpaired) electrons. The van der Waals surface area contributed by atoms with Gasteiger partial charge in [0.2, 0.25) is 0 Å². The summed E-state index contributed by atoms with van der Waals surface area (Å²) in [5.74, 6) is -2.37. The Balaban J connectivity index is 2.45. The van der Waals surface area contributed by atoms with Crippen LogP contribution in [0.4, 0.5) is 17.6 Å². The molecule has 122 valence electrons. The molecule has 0 spiro atoms. The molecule has 0 aliphatic heterocycles. The molecule has 2 aromatic carbocycles. The van der Waals surface area contributed by atoms with E-state index in [1.54, 1.807) is 6.92 Å². The first-order valence-electron chi connectivity index (χ1n) is 6.60. The number of phenolic OH excluding ortho intramolecular Hbond substituents is 1. The Morgan fingerprint density at radius 3 is 2.39 bits per heavy atom. The molecule has 0 aliphatic rings. The van der Waals surface area contributed by atoms with Crippen LogP contribution in [-0.2, 0) is 10.9 Å². The molecule has 0 saturated heterocycles. The van der Waals surface area contributed by atoms with E-state index in [0.717, 1.165) is 24.3 Å². The van der Waals surface area contributed by atoms with Crippen molar-refractivity contribution in [2.75, 3.05) is 6.61 Å². The van der Waals surface area contributed by atoms with Crippen molar-refractivity contribution in [1.82, 2.24) is 0 Å². The molecule has 0 amide bonds. The van der Waals surface area contributed by atoms with E-state index in [0.29, 0.717) is 6.07 Å². The first-order valence-corrected chi connectivity index (χ1v) is 6.60. The minimum absolute atomic E-state index is 0.0216. The van der Waals surface area contributed by atoms with E-state index in [4.69, 9.17) is 0 Å². The van der Waals surface area contributed by atoms with Crippen molar-refractivity contribution in [3.63, 3.8) is 0 Å². The summed E-state index contributed by atoms with van der Waals surface area (Å²) in [7, 11) is 0. The van der Waals surface area contributed by atoms with Gasteiger partial charge in [-0.2, -0.15) is 13.2 Å². The third-order valence-corrected chi connectivity index (χ3v) is 3.04. The highest BCUT2D eigenvalue weighted by Crippen LogP contribution is 2.35. The lowest BCUT2D eigenvalue weighted by Crippen LogP contribution is -2.07. The number of esters is 1. The van der Waals surface area contributed by atoms with Crippen molar-refractivity contribution >= 4 is 5.97 Å². The fourth-order valence-corrected chi connectivity index (χ4v) is 2.01. The quantitative estimate of drug-likeness (QED) is 0.671. The fraction of sp³-hybridized carbons (Fsp3) is 0.188. The van der Waals surface area contributed by atoms with E-state index >= 15 is 0 Å². The number of halogens is 4. The monoisotopic (exact) mass is 328 g/mol. The maximum absolute atomic E-state index is 14.0. The molecule has 0 heterocycles. The lowest BCUT2D eigenvalue weighted by molar-refractivity contribution is -0.137. The molecule has 0 aromatic heterocycles. The molecule has 3 nitrogen and oxygen atoms in total. The number of aromatic hydroxyl groups is 1. The number of phenols is 1. The van der Waals surface area contributed by atoms with Crippen molar-refractivity contribution < 1.29 is 32.2 Å². The number of rotatable bonds is 3. The van der Waals surface area contributed by atoms with Gasteiger partial charge in [-0.05, 0) is 48.4 Å². The summed E-state index contributed by atoms with van der Waals surface area (Å²) < 4.78 is 56.9. The third-order valence-electron chi connectivity index (χ3n) is 3.04. The standard InChI is InChI=1S/C16H12F4O3/c1-2-23-15(22)13-4-3-9(7-14(13)17)10-5-11(16(18,19)20)8-12(21)6-10/h3-8,21H,2H2,1H3. The minimum atomic E-state index is -4.64. The van der Waals surface area contributed by atoms with Gasteiger partial charge in [0.1, 0.15) is 11.6 Å². The third kappa shape index (κ3) is 3.80. The van der Waals surface area contributed by atoms with E-state index in [9.17, 15) is 27.5 Å². The summed E-state index contributed by atoms with van der Waals surface area (Å²) >= 11 is 0. The number of benzene rings is 2. The summed E-state index contributed by atoms with van der Waals surface area (Å²) in [6.45, 7) is 1.64. The SMILES string of the molecule is CCOC(=O)c1ccc(-c2cc(O)cc(C(F)(F)F)c2)cc1F. The second kappa shape index (κ2) is 6.28. The molecule has 2 rings (SSSR count). The van der Waals surface area contributed by atoms with Crippen LogP contribution in [0, 0.1) is 5.82 Å². The Labute approximate surface area is 129 Å². The van der Waals surface area contributed by atoms with Gasteiger partial charge in [0.25, 0.3) is 0 Å². The minimum Gasteiger partial charge on any atom is -0.508 e. The smallest absolute Gasteiger partial charge is 0.416 e. The van der Waals surface area contributed by atoms with E-state index in [2.05, 4.69) is 4.74 Å². The lowest BCUT2D eigenvalue weighted by Gasteiger charge is -2.11. The van der Waals surface area contributed by atoms with Crippen molar-refractivity contribution in [3.05, 3.63) is 53.3 Å². The van der Waals surface area contributed by atoms with Gasteiger partial charge in [-0.15, -0.1) is 0 Å². The predicted octanol–water partition coefficient (Wildman–Crippen LogP) is 4.39. The Morgan fingerprint density at radius 1 is 1.13 bits per heavy atom. The molecule has 0 saturated carbocycles. The van der Waals surface area contributed by atoms with Gasteiger partial charge in [0, 0.05) is 0 Å². The zero-order chi connectivity index (χ0) is 17.2. The van der Waals surface area contributed by atoms with Crippen molar-refractivity contribution in [2.24, 2.45) is 0 Å². The number of ether oxygens (including phenoxy) is 1. The van der Waals surface area contributed by atoms with E-state index < -0.39 is 29.3 Å². The predicted molar refractivity (Wildman–Crippen MR) is 74.5 cm³/mol. The van der Waals surface area contributed by atoms with Gasteiger partial charge in [-0.3, -0.25) is 0 Å². The highest BCUT2D eigenvalue weighted by atomic mass is 19.4. The van der Waals surface area contributed by atoms with Crippen LogP contribution in [0.15, 0.2) is 36.4 Å². The van der Waals surface area contributed by atoms with Gasteiger partial charge < -0.3 is 9.84 Å². The Bertz CT molecular complexity index is 739. The molecular formula is C16H12F4O3. The van der Waals surface area contributed by atoms with Crippen LogP contribution in [-0.4, -0.2) is 17.7 Å². The van der Waals surface area contributed by atoms with Gasteiger partial charge in [-0.25, -0.2) is 9.18 Å². The number of carbonyl (C=O) groups excluding carboxylic acids is 1. The van der Waals surface area contributed by atoms with Crippen LogP contribution in [0.5, 0.6) is 5.75 Å². The topological polar surface area (TPSA) is 46.5 Å².